The molecular formula is C13H9BrN4OS. The summed E-state index contributed by atoms with van der Waals surface area (Å²) in [6, 6.07) is 9.12. The van der Waals surface area contributed by atoms with Gasteiger partial charge in [0, 0.05) is 15.5 Å². The van der Waals surface area contributed by atoms with Crippen molar-refractivity contribution in [2.24, 2.45) is 0 Å². The van der Waals surface area contributed by atoms with E-state index >= 15 is 0 Å². The molecule has 0 aliphatic carbocycles. The average molecular weight is 349 g/mol. The van der Waals surface area contributed by atoms with E-state index in [0.29, 0.717) is 21.1 Å². The van der Waals surface area contributed by atoms with Crippen LogP contribution >= 0.6 is 27.3 Å². The van der Waals surface area contributed by atoms with Gasteiger partial charge in [-0.25, -0.2) is 0 Å². The fourth-order valence-corrected chi connectivity index (χ4v) is 3.13. The highest BCUT2D eigenvalue weighted by Crippen LogP contribution is 2.32. The summed E-state index contributed by atoms with van der Waals surface area (Å²) in [6.45, 7) is 0. The van der Waals surface area contributed by atoms with Crippen LogP contribution in [-0.2, 0) is 0 Å². The van der Waals surface area contributed by atoms with Crippen molar-refractivity contribution in [2.45, 2.75) is 0 Å². The third kappa shape index (κ3) is 2.37. The van der Waals surface area contributed by atoms with Gasteiger partial charge in [0.25, 0.3) is 5.91 Å². The zero-order valence-electron chi connectivity index (χ0n) is 10.1. The summed E-state index contributed by atoms with van der Waals surface area (Å²) in [6.07, 6.45) is 1.56. The van der Waals surface area contributed by atoms with Crippen molar-refractivity contribution >= 4 is 54.8 Å². The summed E-state index contributed by atoms with van der Waals surface area (Å²) in [4.78, 5) is 13.4. The molecule has 20 heavy (non-hydrogen) atoms. The van der Waals surface area contributed by atoms with Crippen molar-refractivity contribution in [1.82, 2.24) is 10.2 Å². The van der Waals surface area contributed by atoms with Crippen LogP contribution in [0.2, 0.25) is 0 Å². The Morgan fingerprint density at radius 3 is 2.95 bits per heavy atom. The van der Waals surface area contributed by atoms with Crippen molar-refractivity contribution in [3.8, 4) is 0 Å². The van der Waals surface area contributed by atoms with Crippen LogP contribution in [-0.4, -0.2) is 16.1 Å². The minimum absolute atomic E-state index is 0.247. The van der Waals surface area contributed by atoms with Crippen molar-refractivity contribution in [1.29, 1.82) is 0 Å². The number of amides is 1. The summed E-state index contributed by atoms with van der Waals surface area (Å²) in [5.74, 6) is -0.247. The van der Waals surface area contributed by atoms with Crippen LogP contribution in [0.1, 0.15) is 9.67 Å². The third-order valence-corrected chi connectivity index (χ3v) is 4.31. The Bertz CT molecular complexity index is 802. The third-order valence-electron chi connectivity index (χ3n) is 2.71. The normalized spacial score (nSPS) is 10.7. The van der Waals surface area contributed by atoms with E-state index in [4.69, 9.17) is 5.73 Å². The molecule has 2 heterocycles. The van der Waals surface area contributed by atoms with Gasteiger partial charge in [-0.3, -0.25) is 4.79 Å². The number of fused-ring (bicyclic) bond motifs is 1. The van der Waals surface area contributed by atoms with Crippen molar-refractivity contribution < 1.29 is 4.79 Å². The maximum Gasteiger partial charge on any atom is 0.267 e. The number of thiophene rings is 1. The van der Waals surface area contributed by atoms with Crippen LogP contribution in [0.5, 0.6) is 0 Å². The van der Waals surface area contributed by atoms with Crippen LogP contribution < -0.4 is 11.1 Å². The molecule has 3 rings (SSSR count). The molecule has 5 nitrogen and oxygen atoms in total. The van der Waals surface area contributed by atoms with Gasteiger partial charge in [0.15, 0.2) is 0 Å². The Hall–Kier alpha value is -1.99. The summed E-state index contributed by atoms with van der Waals surface area (Å²) in [7, 11) is 0. The number of rotatable bonds is 2. The van der Waals surface area contributed by atoms with Gasteiger partial charge in [0.1, 0.15) is 9.71 Å². The van der Waals surface area contributed by atoms with Crippen LogP contribution in [0.3, 0.4) is 0 Å². The lowest BCUT2D eigenvalue weighted by Gasteiger charge is -2.04. The quantitative estimate of drug-likeness (QED) is 0.744. The Labute approximate surface area is 127 Å². The highest BCUT2D eigenvalue weighted by Gasteiger charge is 2.17. The molecule has 1 aromatic carbocycles. The molecule has 1 amide bonds. The topological polar surface area (TPSA) is 80.9 Å². The van der Waals surface area contributed by atoms with Crippen molar-refractivity contribution in [3.05, 3.63) is 45.9 Å². The van der Waals surface area contributed by atoms with Gasteiger partial charge in [0.2, 0.25) is 0 Å². The molecule has 0 aliphatic rings. The Morgan fingerprint density at radius 2 is 2.20 bits per heavy atom. The van der Waals surface area contributed by atoms with E-state index in [-0.39, 0.29) is 5.91 Å². The molecule has 0 radical (unpaired) electrons. The largest absolute Gasteiger partial charge is 0.397 e. The van der Waals surface area contributed by atoms with Gasteiger partial charge in [-0.05, 0) is 24.3 Å². The van der Waals surface area contributed by atoms with E-state index in [1.54, 1.807) is 12.3 Å². The predicted molar refractivity (Wildman–Crippen MR) is 83.9 cm³/mol. The van der Waals surface area contributed by atoms with E-state index in [2.05, 4.69) is 31.4 Å². The molecule has 3 aromatic rings. The molecule has 0 bridgehead atoms. The number of carbonyl (C=O) groups excluding carboxylic acids is 1. The lowest BCUT2D eigenvalue weighted by molar-refractivity contribution is 0.103. The molecule has 2 aromatic heterocycles. The molecule has 100 valence electrons. The molecule has 0 atom stereocenters. The Kier molecular flexibility index (Phi) is 3.37. The number of aromatic nitrogens is 2. The minimum Gasteiger partial charge on any atom is -0.397 e. The number of nitrogens with two attached hydrogens (primary N) is 1. The van der Waals surface area contributed by atoms with Crippen LogP contribution in [0.25, 0.3) is 10.2 Å². The zero-order valence-corrected chi connectivity index (χ0v) is 12.5. The van der Waals surface area contributed by atoms with Crippen LogP contribution in [0, 0.1) is 0 Å². The standard InChI is InChI=1S/C13H9BrN4OS/c14-7-2-1-3-8(6-7)17-12(19)11-10(15)9-4-5-16-18-13(9)20-11/h1-6H,15H2,(H,17,19). The first-order valence-corrected chi connectivity index (χ1v) is 7.32. The second kappa shape index (κ2) is 5.18. The summed E-state index contributed by atoms with van der Waals surface area (Å²) in [5, 5.41) is 11.3. The molecule has 7 heteroatoms. The highest BCUT2D eigenvalue weighted by atomic mass is 79.9. The summed E-state index contributed by atoms with van der Waals surface area (Å²) in [5.41, 5.74) is 7.13. The second-order valence-corrected chi connectivity index (χ2v) is 5.97. The second-order valence-electron chi connectivity index (χ2n) is 4.06. The minimum atomic E-state index is -0.247. The fourth-order valence-electron chi connectivity index (χ4n) is 1.80. The van der Waals surface area contributed by atoms with Crippen molar-refractivity contribution in [3.63, 3.8) is 0 Å². The lowest BCUT2D eigenvalue weighted by Crippen LogP contribution is -2.11. The van der Waals surface area contributed by atoms with Crippen LogP contribution in [0.4, 0.5) is 11.4 Å². The number of carbonyl (C=O) groups is 1. The SMILES string of the molecule is Nc1c(C(=O)Nc2cccc(Br)c2)sc2nnccc12. The number of benzene rings is 1. The zero-order chi connectivity index (χ0) is 14.1. The maximum atomic E-state index is 12.3. The smallest absolute Gasteiger partial charge is 0.267 e. The molecule has 0 saturated carbocycles. The average Bonchev–Trinajstić information content (AvgIpc) is 2.77. The number of nitrogens with zero attached hydrogens (tertiary/aromatic N) is 2. The van der Waals surface area contributed by atoms with E-state index in [1.807, 2.05) is 24.3 Å². The van der Waals surface area contributed by atoms with Crippen molar-refractivity contribution in [2.75, 3.05) is 11.1 Å². The molecule has 0 aliphatic heterocycles. The first kappa shape index (κ1) is 13.0. The van der Waals surface area contributed by atoms with Gasteiger partial charge in [-0.2, -0.15) is 5.10 Å². The highest BCUT2D eigenvalue weighted by molar-refractivity contribution is 9.10. The van der Waals surface area contributed by atoms with Crippen LogP contribution in [0.15, 0.2) is 41.0 Å². The Balaban J connectivity index is 1.95. The van der Waals surface area contributed by atoms with Gasteiger partial charge in [-0.1, -0.05) is 22.0 Å². The summed E-state index contributed by atoms with van der Waals surface area (Å²) >= 11 is 4.59. The van der Waals surface area contributed by atoms with Gasteiger partial charge in [-0.15, -0.1) is 16.4 Å². The van der Waals surface area contributed by atoms with Gasteiger partial charge < -0.3 is 11.1 Å². The Morgan fingerprint density at radius 1 is 1.35 bits per heavy atom. The number of hydrogen-bond acceptors (Lipinski definition) is 5. The number of anilines is 2. The molecule has 0 fully saturated rings. The molecule has 0 saturated heterocycles. The first-order chi connectivity index (χ1) is 9.65. The van der Waals surface area contributed by atoms with Gasteiger partial charge in [0.05, 0.1) is 11.9 Å². The number of hydrogen-bond donors (Lipinski definition) is 2. The van der Waals surface area contributed by atoms with Gasteiger partial charge >= 0.3 is 0 Å². The predicted octanol–water partition coefficient (Wildman–Crippen LogP) is 3.29. The number of nitrogen functional groups attached to an aromatic ring is 1. The fraction of sp³-hybridized carbons (Fsp3) is 0. The first-order valence-electron chi connectivity index (χ1n) is 5.72. The number of nitrogens with one attached hydrogen (secondary N) is 1. The summed E-state index contributed by atoms with van der Waals surface area (Å²) < 4.78 is 0.894. The van der Waals surface area contributed by atoms with E-state index < -0.39 is 0 Å². The molecule has 0 unspecified atom stereocenters. The number of halogens is 1. The maximum absolute atomic E-state index is 12.3. The monoisotopic (exact) mass is 348 g/mol. The lowest BCUT2D eigenvalue weighted by atomic mass is 10.2. The molecule has 0 spiro atoms. The molecule has 3 N–H and O–H groups in total. The van der Waals surface area contributed by atoms with E-state index in [1.165, 1.54) is 11.3 Å². The van der Waals surface area contributed by atoms with E-state index in [9.17, 15) is 4.79 Å². The van der Waals surface area contributed by atoms with E-state index in [0.717, 1.165) is 9.86 Å². The molecular weight excluding hydrogens is 340 g/mol.